The lowest BCUT2D eigenvalue weighted by Gasteiger charge is -2.31. The van der Waals surface area contributed by atoms with Crippen LogP contribution in [-0.2, 0) is 19.6 Å². The molecule has 1 fully saturated rings. The maximum Gasteiger partial charge on any atom is 0.244 e. The van der Waals surface area contributed by atoms with Crippen molar-refractivity contribution < 1.29 is 17.9 Å². The Bertz CT molecular complexity index is 656. The van der Waals surface area contributed by atoms with Gasteiger partial charge in [0, 0.05) is 17.7 Å². The molecule has 1 aromatic carbocycles. The lowest BCUT2D eigenvalue weighted by atomic mass is 9.90. The molecule has 0 radical (unpaired) electrons. The maximum atomic E-state index is 12.3. The maximum absolute atomic E-state index is 12.3. The van der Waals surface area contributed by atoms with E-state index in [1.807, 2.05) is 0 Å². The van der Waals surface area contributed by atoms with Crippen molar-refractivity contribution in [3.05, 3.63) is 22.7 Å². The van der Waals surface area contributed by atoms with Gasteiger partial charge in [-0.25, -0.2) is 13.6 Å². The normalized spacial score (nSPS) is 18.2. The molecule has 0 atom stereocenters. The molecule has 1 saturated heterocycles. The van der Waals surface area contributed by atoms with Gasteiger partial charge in [0.05, 0.1) is 10.6 Å². The summed E-state index contributed by atoms with van der Waals surface area (Å²) < 4.78 is 28.1. The number of amides is 1. The van der Waals surface area contributed by atoms with Crippen molar-refractivity contribution in [2.24, 2.45) is 10.9 Å². The zero-order valence-electron chi connectivity index (χ0n) is 11.1. The Morgan fingerprint density at radius 3 is 2.48 bits per heavy atom. The summed E-state index contributed by atoms with van der Waals surface area (Å²) in [6.45, 7) is 0.880. The van der Waals surface area contributed by atoms with Crippen molar-refractivity contribution in [1.29, 1.82) is 0 Å². The Morgan fingerprint density at radius 1 is 1.33 bits per heavy atom. The lowest BCUT2D eigenvalue weighted by molar-refractivity contribution is -0.124. The molecule has 1 amide bonds. The number of benzene rings is 1. The second-order valence-electron chi connectivity index (χ2n) is 4.91. The summed E-state index contributed by atoms with van der Waals surface area (Å²) >= 11 is 3.21. The van der Waals surface area contributed by atoms with Crippen LogP contribution < -0.4 is 16.2 Å². The first-order chi connectivity index (χ1) is 9.72. The number of ether oxygens (including phenoxy) is 1. The largest absolute Gasteiger partial charge is 0.381 e. The van der Waals surface area contributed by atoms with Crippen LogP contribution in [0.2, 0.25) is 0 Å². The van der Waals surface area contributed by atoms with Gasteiger partial charge >= 0.3 is 0 Å². The van der Waals surface area contributed by atoms with Crippen molar-refractivity contribution in [3.8, 4) is 0 Å². The smallest absolute Gasteiger partial charge is 0.244 e. The Kier molecular flexibility index (Phi) is 4.69. The number of primary sulfonamides is 1. The summed E-state index contributed by atoms with van der Waals surface area (Å²) in [6.07, 6.45) is 0.872. The number of halogens is 1. The highest BCUT2D eigenvalue weighted by Gasteiger charge is 2.36. The second kappa shape index (κ2) is 6.01. The summed E-state index contributed by atoms with van der Waals surface area (Å²) in [5.41, 5.74) is 5.53. The van der Waals surface area contributed by atoms with Crippen LogP contribution in [0.25, 0.3) is 0 Å². The van der Waals surface area contributed by atoms with E-state index in [0.717, 1.165) is 0 Å². The summed E-state index contributed by atoms with van der Waals surface area (Å²) in [6, 6.07) is 4.12. The van der Waals surface area contributed by atoms with Gasteiger partial charge in [-0.2, -0.15) is 0 Å². The molecule has 9 heteroatoms. The highest BCUT2D eigenvalue weighted by molar-refractivity contribution is 9.10. The number of carbonyl (C=O) groups excluding carboxylic acids is 1. The number of hydrogen-bond donors (Lipinski definition) is 3. The van der Waals surface area contributed by atoms with Crippen molar-refractivity contribution in [3.63, 3.8) is 0 Å². The van der Waals surface area contributed by atoms with E-state index in [9.17, 15) is 13.2 Å². The minimum Gasteiger partial charge on any atom is -0.381 e. The number of carbonyl (C=O) groups is 1. The SMILES string of the molecule is NC1(C(=O)Nc2ccc(S(N)(=O)=O)cc2Br)CCOCC1. The van der Waals surface area contributed by atoms with E-state index in [1.165, 1.54) is 18.2 Å². The van der Waals surface area contributed by atoms with Crippen LogP contribution in [0.5, 0.6) is 0 Å². The first-order valence-corrected chi connectivity index (χ1v) is 8.57. The van der Waals surface area contributed by atoms with Crippen molar-refractivity contribution in [2.45, 2.75) is 23.3 Å². The average molecular weight is 378 g/mol. The molecular formula is C12H16BrN3O4S. The number of hydrogen-bond acceptors (Lipinski definition) is 5. The summed E-state index contributed by atoms with van der Waals surface area (Å²) in [5, 5.41) is 7.74. The molecule has 1 aliphatic rings. The third-order valence-electron chi connectivity index (χ3n) is 3.35. The molecular weight excluding hydrogens is 362 g/mol. The van der Waals surface area contributed by atoms with E-state index in [4.69, 9.17) is 15.6 Å². The summed E-state index contributed by atoms with van der Waals surface area (Å²) in [7, 11) is -3.79. The second-order valence-corrected chi connectivity index (χ2v) is 7.33. The Hall–Kier alpha value is -1.00. The molecule has 1 aliphatic heterocycles. The number of anilines is 1. The fourth-order valence-electron chi connectivity index (χ4n) is 1.98. The first kappa shape index (κ1) is 16.4. The monoisotopic (exact) mass is 377 g/mol. The summed E-state index contributed by atoms with van der Waals surface area (Å²) in [5.74, 6) is -0.324. The Labute approximate surface area is 131 Å². The molecule has 2 rings (SSSR count). The fourth-order valence-corrected chi connectivity index (χ4v) is 3.15. The molecule has 0 bridgehead atoms. The van der Waals surface area contributed by atoms with Crippen molar-refractivity contribution in [2.75, 3.05) is 18.5 Å². The van der Waals surface area contributed by atoms with E-state index in [-0.39, 0.29) is 10.8 Å². The van der Waals surface area contributed by atoms with Gasteiger partial charge in [-0.3, -0.25) is 4.79 Å². The highest BCUT2D eigenvalue weighted by Crippen LogP contribution is 2.27. The molecule has 0 saturated carbocycles. The van der Waals surface area contributed by atoms with Gasteiger partial charge in [-0.1, -0.05) is 0 Å². The van der Waals surface area contributed by atoms with Gasteiger partial charge in [-0.05, 0) is 47.0 Å². The zero-order chi connectivity index (χ0) is 15.7. The van der Waals surface area contributed by atoms with Crippen LogP contribution in [0.3, 0.4) is 0 Å². The Balaban J connectivity index is 2.18. The third-order valence-corrected chi connectivity index (χ3v) is 4.92. The first-order valence-electron chi connectivity index (χ1n) is 6.23. The van der Waals surface area contributed by atoms with Crippen LogP contribution in [-0.4, -0.2) is 33.1 Å². The van der Waals surface area contributed by atoms with Gasteiger partial charge in [0.2, 0.25) is 15.9 Å². The van der Waals surface area contributed by atoms with Gasteiger partial charge in [0.15, 0.2) is 0 Å². The molecule has 1 aromatic rings. The zero-order valence-corrected chi connectivity index (χ0v) is 13.5. The average Bonchev–Trinajstić information content (AvgIpc) is 2.40. The summed E-state index contributed by atoms with van der Waals surface area (Å²) in [4.78, 5) is 12.2. The number of rotatable bonds is 3. The number of nitrogens with one attached hydrogen (secondary N) is 1. The minimum absolute atomic E-state index is 0.0408. The third kappa shape index (κ3) is 3.80. The number of nitrogens with two attached hydrogens (primary N) is 2. The molecule has 0 aliphatic carbocycles. The molecule has 116 valence electrons. The predicted octanol–water partition coefficient (Wildman–Crippen LogP) is 0.543. The van der Waals surface area contributed by atoms with Crippen molar-refractivity contribution in [1.82, 2.24) is 0 Å². The highest BCUT2D eigenvalue weighted by atomic mass is 79.9. The van der Waals surface area contributed by atoms with Crippen LogP contribution >= 0.6 is 15.9 Å². The quantitative estimate of drug-likeness (QED) is 0.708. The standard InChI is InChI=1S/C12H16BrN3O4S/c13-9-7-8(21(15,18)19)1-2-10(9)16-11(17)12(14)3-5-20-6-4-12/h1-2,7H,3-6,14H2,(H,16,17)(H2,15,18,19). The van der Waals surface area contributed by atoms with Crippen LogP contribution in [0.4, 0.5) is 5.69 Å². The van der Waals surface area contributed by atoms with E-state index < -0.39 is 15.6 Å². The van der Waals surface area contributed by atoms with E-state index in [2.05, 4.69) is 21.2 Å². The molecule has 0 aromatic heterocycles. The van der Waals surface area contributed by atoms with E-state index >= 15 is 0 Å². The molecule has 7 nitrogen and oxygen atoms in total. The fraction of sp³-hybridized carbons (Fsp3) is 0.417. The molecule has 0 spiro atoms. The van der Waals surface area contributed by atoms with Crippen LogP contribution in [0.15, 0.2) is 27.6 Å². The molecule has 21 heavy (non-hydrogen) atoms. The molecule has 5 N–H and O–H groups in total. The van der Waals surface area contributed by atoms with E-state index in [1.54, 1.807) is 0 Å². The Morgan fingerprint density at radius 2 is 1.95 bits per heavy atom. The van der Waals surface area contributed by atoms with Gasteiger partial charge < -0.3 is 15.8 Å². The molecule has 1 heterocycles. The van der Waals surface area contributed by atoms with Gasteiger partial charge in [0.1, 0.15) is 5.54 Å². The van der Waals surface area contributed by atoms with Crippen LogP contribution in [0.1, 0.15) is 12.8 Å². The van der Waals surface area contributed by atoms with E-state index in [0.29, 0.717) is 36.2 Å². The topological polar surface area (TPSA) is 125 Å². The molecule has 0 unspecified atom stereocenters. The lowest BCUT2D eigenvalue weighted by Crippen LogP contribution is -2.54. The van der Waals surface area contributed by atoms with Gasteiger partial charge in [0.25, 0.3) is 0 Å². The van der Waals surface area contributed by atoms with Crippen LogP contribution in [0, 0.1) is 0 Å². The van der Waals surface area contributed by atoms with Crippen molar-refractivity contribution >= 4 is 37.5 Å². The minimum atomic E-state index is -3.79. The van der Waals surface area contributed by atoms with Gasteiger partial charge in [-0.15, -0.1) is 0 Å². The predicted molar refractivity (Wildman–Crippen MR) is 81.1 cm³/mol. The number of sulfonamides is 1.